The van der Waals surface area contributed by atoms with Crippen molar-refractivity contribution in [3.8, 4) is 0 Å². The van der Waals surface area contributed by atoms with Crippen molar-refractivity contribution >= 4 is 0 Å². The van der Waals surface area contributed by atoms with Crippen molar-refractivity contribution < 1.29 is 0 Å². The molecular weight excluding hydrogens is 146 g/mol. The van der Waals surface area contributed by atoms with E-state index in [1.54, 1.807) is 0 Å². The van der Waals surface area contributed by atoms with Crippen molar-refractivity contribution in [1.29, 1.82) is 0 Å². The van der Waals surface area contributed by atoms with Crippen LogP contribution in [0.5, 0.6) is 0 Å². The molecule has 2 bridgehead atoms. The molecule has 1 aliphatic heterocycles. The summed E-state index contributed by atoms with van der Waals surface area (Å²) >= 11 is 0. The normalized spacial score (nSPS) is 21.2. The van der Waals surface area contributed by atoms with E-state index in [0.29, 0.717) is 0 Å². The van der Waals surface area contributed by atoms with Gasteiger partial charge in [-0.15, -0.1) is 0 Å². The van der Waals surface area contributed by atoms with E-state index >= 15 is 0 Å². The van der Waals surface area contributed by atoms with Crippen LogP contribution in [0.25, 0.3) is 0 Å². The van der Waals surface area contributed by atoms with Crippen LogP contribution in [0.1, 0.15) is 20.3 Å². The van der Waals surface area contributed by atoms with Crippen LogP contribution in [0.3, 0.4) is 0 Å². The van der Waals surface area contributed by atoms with E-state index in [0.717, 1.165) is 6.42 Å². The summed E-state index contributed by atoms with van der Waals surface area (Å²) in [6, 6.07) is 0. The molecule has 0 saturated heterocycles. The van der Waals surface area contributed by atoms with Crippen LogP contribution in [-0.4, -0.2) is 0 Å². The molecule has 62 valence electrons. The predicted octanol–water partition coefficient (Wildman–Crippen LogP) is 2.65. The maximum atomic E-state index is 3.29. The van der Waals surface area contributed by atoms with Crippen LogP contribution in [0.4, 0.5) is 0 Å². The van der Waals surface area contributed by atoms with Crippen molar-refractivity contribution in [1.82, 2.24) is 5.32 Å². The molecule has 12 heavy (non-hydrogen) atoms. The van der Waals surface area contributed by atoms with Gasteiger partial charge in [0.05, 0.1) is 0 Å². The van der Waals surface area contributed by atoms with Gasteiger partial charge in [-0.25, -0.2) is 0 Å². The van der Waals surface area contributed by atoms with Gasteiger partial charge in [0, 0.05) is 18.3 Å². The SMILES string of the molecule is CC1=CC=C2CC(=C1)NC=C2C. The van der Waals surface area contributed by atoms with Crippen LogP contribution < -0.4 is 5.32 Å². The second-order valence-corrected chi connectivity index (χ2v) is 3.42. The lowest BCUT2D eigenvalue weighted by molar-refractivity contribution is 0.910. The summed E-state index contributed by atoms with van der Waals surface area (Å²) in [7, 11) is 0. The minimum atomic E-state index is 1.05. The number of hydrogen-bond donors (Lipinski definition) is 1. The smallest absolute Gasteiger partial charge is 0.0193 e. The lowest BCUT2D eigenvalue weighted by Crippen LogP contribution is -2.12. The molecule has 1 N–H and O–H groups in total. The van der Waals surface area contributed by atoms with Gasteiger partial charge in [0.15, 0.2) is 0 Å². The summed E-state index contributed by atoms with van der Waals surface area (Å²) in [6.45, 7) is 4.27. The fourth-order valence-electron chi connectivity index (χ4n) is 1.53. The Morgan fingerprint density at radius 3 is 2.92 bits per heavy atom. The van der Waals surface area contributed by atoms with E-state index in [1.807, 2.05) is 0 Å². The molecule has 1 nitrogen and oxygen atoms in total. The molecule has 0 aromatic heterocycles. The standard InChI is InChI=1S/C11H13N/c1-8-3-4-10-6-11(5-8)12-7-9(10)2/h3-5,7,12H,6H2,1-2H3. The summed E-state index contributed by atoms with van der Waals surface area (Å²) in [5.74, 6) is 0. The molecule has 0 spiro atoms. The zero-order valence-electron chi connectivity index (χ0n) is 7.52. The number of rotatable bonds is 0. The molecule has 0 radical (unpaired) electrons. The Kier molecular flexibility index (Phi) is 1.65. The number of hydrogen-bond acceptors (Lipinski definition) is 1. The van der Waals surface area contributed by atoms with Crippen molar-refractivity contribution in [2.75, 3.05) is 0 Å². The van der Waals surface area contributed by atoms with Gasteiger partial charge >= 0.3 is 0 Å². The molecule has 1 aliphatic carbocycles. The van der Waals surface area contributed by atoms with Crippen molar-refractivity contribution in [2.24, 2.45) is 0 Å². The zero-order chi connectivity index (χ0) is 8.55. The fraction of sp³-hybridized carbons (Fsp3) is 0.273. The van der Waals surface area contributed by atoms with E-state index in [4.69, 9.17) is 0 Å². The first-order valence-corrected chi connectivity index (χ1v) is 4.27. The van der Waals surface area contributed by atoms with E-state index in [1.165, 1.54) is 22.4 Å². The second-order valence-electron chi connectivity index (χ2n) is 3.42. The molecular formula is C11H13N. The van der Waals surface area contributed by atoms with E-state index in [9.17, 15) is 0 Å². The molecule has 1 heteroatoms. The minimum absolute atomic E-state index is 1.05. The third-order valence-corrected chi connectivity index (χ3v) is 2.31. The quantitative estimate of drug-likeness (QED) is 0.573. The summed E-state index contributed by atoms with van der Waals surface area (Å²) in [4.78, 5) is 0. The number of allylic oxidation sites excluding steroid dienone is 6. The first kappa shape index (κ1) is 7.41. The van der Waals surface area contributed by atoms with Gasteiger partial charge in [-0.2, -0.15) is 0 Å². The molecule has 0 aromatic carbocycles. The lowest BCUT2D eigenvalue weighted by Gasteiger charge is -2.16. The Morgan fingerprint density at radius 1 is 1.25 bits per heavy atom. The van der Waals surface area contributed by atoms with E-state index < -0.39 is 0 Å². The van der Waals surface area contributed by atoms with Crippen LogP contribution in [0.2, 0.25) is 0 Å². The van der Waals surface area contributed by atoms with E-state index in [-0.39, 0.29) is 0 Å². The van der Waals surface area contributed by atoms with Gasteiger partial charge in [-0.05, 0) is 36.6 Å². The van der Waals surface area contributed by atoms with E-state index in [2.05, 4.69) is 43.6 Å². The molecule has 0 fully saturated rings. The highest BCUT2D eigenvalue weighted by atomic mass is 14.9. The molecule has 0 saturated carbocycles. The summed E-state index contributed by atoms with van der Waals surface area (Å²) in [6.07, 6.45) is 9.72. The Morgan fingerprint density at radius 2 is 2.08 bits per heavy atom. The maximum Gasteiger partial charge on any atom is 0.0193 e. The first-order valence-electron chi connectivity index (χ1n) is 4.27. The molecule has 1 heterocycles. The number of nitrogens with one attached hydrogen (secondary N) is 1. The molecule has 0 unspecified atom stereocenters. The highest BCUT2D eigenvalue weighted by Crippen LogP contribution is 2.25. The Hall–Kier alpha value is -1.24. The van der Waals surface area contributed by atoms with Gasteiger partial charge < -0.3 is 5.32 Å². The second kappa shape index (κ2) is 2.67. The Bertz CT molecular complexity index is 327. The highest BCUT2D eigenvalue weighted by molar-refractivity contribution is 5.44. The van der Waals surface area contributed by atoms with Crippen LogP contribution in [0.15, 0.2) is 46.8 Å². The van der Waals surface area contributed by atoms with Gasteiger partial charge in [0.25, 0.3) is 0 Å². The minimum Gasteiger partial charge on any atom is -0.364 e. The molecule has 0 atom stereocenters. The third kappa shape index (κ3) is 1.22. The van der Waals surface area contributed by atoms with Crippen molar-refractivity contribution in [3.05, 3.63) is 46.8 Å². The summed E-state index contributed by atoms with van der Waals surface area (Å²) in [5, 5.41) is 3.29. The zero-order valence-corrected chi connectivity index (χ0v) is 7.52. The maximum absolute atomic E-state index is 3.29. The fourth-order valence-corrected chi connectivity index (χ4v) is 1.53. The Balaban J connectivity index is 2.48. The molecule has 2 aliphatic rings. The van der Waals surface area contributed by atoms with Crippen LogP contribution in [-0.2, 0) is 0 Å². The van der Waals surface area contributed by atoms with Gasteiger partial charge in [-0.3, -0.25) is 0 Å². The summed E-state index contributed by atoms with van der Waals surface area (Å²) < 4.78 is 0. The van der Waals surface area contributed by atoms with Crippen molar-refractivity contribution in [3.63, 3.8) is 0 Å². The van der Waals surface area contributed by atoms with Crippen LogP contribution in [0, 0.1) is 0 Å². The average Bonchev–Trinajstić information content (AvgIpc) is 2.19. The predicted molar refractivity (Wildman–Crippen MR) is 51.4 cm³/mol. The Labute approximate surface area is 73.2 Å². The largest absolute Gasteiger partial charge is 0.364 e. The molecule has 0 amide bonds. The average molecular weight is 159 g/mol. The van der Waals surface area contributed by atoms with Gasteiger partial charge in [0.1, 0.15) is 0 Å². The summed E-state index contributed by atoms with van der Waals surface area (Å²) in [5.41, 5.74) is 5.39. The van der Waals surface area contributed by atoms with Crippen molar-refractivity contribution in [2.45, 2.75) is 20.3 Å². The first-order chi connectivity index (χ1) is 5.75. The van der Waals surface area contributed by atoms with Gasteiger partial charge in [-0.1, -0.05) is 12.2 Å². The monoisotopic (exact) mass is 159 g/mol. The third-order valence-electron chi connectivity index (χ3n) is 2.31. The lowest BCUT2D eigenvalue weighted by atomic mass is 10.0. The van der Waals surface area contributed by atoms with Crippen LogP contribution >= 0.6 is 0 Å². The molecule has 0 aromatic rings. The topological polar surface area (TPSA) is 12.0 Å². The van der Waals surface area contributed by atoms with Gasteiger partial charge in [0.2, 0.25) is 0 Å². The molecule has 2 rings (SSSR count). The number of fused-ring (bicyclic) bond motifs is 2. The highest BCUT2D eigenvalue weighted by Gasteiger charge is 2.10.